The third-order valence-electron chi connectivity index (χ3n) is 5.95. The number of pyridine rings is 1. The number of piperazine rings is 1. The molecule has 0 bridgehead atoms. The number of nitrogens with one attached hydrogen (secondary N) is 2. The van der Waals surface area contributed by atoms with Gasteiger partial charge >= 0.3 is 6.18 Å². The van der Waals surface area contributed by atoms with Crippen LogP contribution in [0, 0.1) is 5.82 Å². The monoisotopic (exact) mass is 499 g/mol. The van der Waals surface area contributed by atoms with Gasteiger partial charge in [0.1, 0.15) is 11.3 Å². The molecular weight excluding hydrogens is 478 g/mol. The third kappa shape index (κ3) is 5.28. The average Bonchev–Trinajstić information content (AvgIpc) is 3.32. The number of alkyl halides is 3. The zero-order valence-electron chi connectivity index (χ0n) is 18.9. The molecule has 0 unspecified atom stereocenters. The molecule has 0 spiro atoms. The Labute approximate surface area is 202 Å². The van der Waals surface area contributed by atoms with Gasteiger partial charge in [-0.2, -0.15) is 23.5 Å². The number of carbonyl (C=O) groups is 1. The van der Waals surface area contributed by atoms with Crippen molar-refractivity contribution in [2.75, 3.05) is 42.9 Å². The summed E-state index contributed by atoms with van der Waals surface area (Å²) in [5.74, 6) is -1.29. The number of hydrogen-bond donors (Lipinski definition) is 2. The summed E-state index contributed by atoms with van der Waals surface area (Å²) in [6, 6.07) is 14.5. The molecular formula is C24H21F4N7O. The summed E-state index contributed by atoms with van der Waals surface area (Å²) in [5.41, 5.74) is 3.22. The lowest BCUT2D eigenvalue weighted by Crippen LogP contribution is -2.49. The van der Waals surface area contributed by atoms with Crippen LogP contribution in [-0.2, 0) is 0 Å². The second-order valence-corrected chi connectivity index (χ2v) is 8.44. The largest absolute Gasteiger partial charge is 0.401 e. The Hall–Kier alpha value is -4.06. The number of benzene rings is 2. The summed E-state index contributed by atoms with van der Waals surface area (Å²) in [7, 11) is 0. The Balaban J connectivity index is 1.25. The zero-order valence-corrected chi connectivity index (χ0v) is 18.9. The first kappa shape index (κ1) is 23.7. The fourth-order valence-corrected chi connectivity index (χ4v) is 4.13. The Morgan fingerprint density at radius 2 is 1.72 bits per heavy atom. The molecule has 1 amide bonds. The van der Waals surface area contributed by atoms with E-state index >= 15 is 0 Å². The molecule has 36 heavy (non-hydrogen) atoms. The van der Waals surface area contributed by atoms with E-state index in [0.717, 1.165) is 5.69 Å². The first-order valence-corrected chi connectivity index (χ1v) is 11.2. The smallest absolute Gasteiger partial charge is 0.369 e. The predicted molar refractivity (Wildman–Crippen MR) is 126 cm³/mol. The number of amides is 1. The molecule has 1 saturated heterocycles. The van der Waals surface area contributed by atoms with E-state index in [9.17, 15) is 22.4 Å². The number of aromatic nitrogens is 4. The van der Waals surface area contributed by atoms with Gasteiger partial charge in [0.25, 0.3) is 5.91 Å². The number of halogens is 4. The van der Waals surface area contributed by atoms with Crippen LogP contribution in [0.1, 0.15) is 10.4 Å². The summed E-state index contributed by atoms with van der Waals surface area (Å²) >= 11 is 0. The molecule has 12 heteroatoms. The van der Waals surface area contributed by atoms with Crippen LogP contribution in [0.5, 0.6) is 0 Å². The molecule has 1 fully saturated rings. The number of aromatic amines is 1. The van der Waals surface area contributed by atoms with E-state index in [2.05, 4.69) is 25.7 Å². The van der Waals surface area contributed by atoms with Crippen molar-refractivity contribution in [3.05, 3.63) is 66.0 Å². The lowest BCUT2D eigenvalue weighted by atomic mass is 10.1. The topological polar surface area (TPSA) is 90.0 Å². The van der Waals surface area contributed by atoms with E-state index in [-0.39, 0.29) is 5.56 Å². The van der Waals surface area contributed by atoms with Crippen molar-refractivity contribution in [2.45, 2.75) is 6.18 Å². The van der Waals surface area contributed by atoms with Crippen LogP contribution < -0.4 is 10.2 Å². The quantitative estimate of drug-likeness (QED) is 0.402. The second-order valence-electron chi connectivity index (χ2n) is 8.44. The molecule has 2 N–H and O–H groups in total. The van der Waals surface area contributed by atoms with Crippen molar-refractivity contribution >= 4 is 28.4 Å². The first-order valence-electron chi connectivity index (χ1n) is 11.2. The summed E-state index contributed by atoms with van der Waals surface area (Å²) in [6.45, 7) is 0.647. The van der Waals surface area contributed by atoms with Gasteiger partial charge in [-0.25, -0.2) is 9.37 Å². The predicted octanol–water partition coefficient (Wildman–Crippen LogP) is 4.10. The maximum absolute atomic E-state index is 14.5. The van der Waals surface area contributed by atoms with Crippen LogP contribution in [0.2, 0.25) is 0 Å². The van der Waals surface area contributed by atoms with Crippen molar-refractivity contribution in [1.29, 1.82) is 0 Å². The van der Waals surface area contributed by atoms with Crippen molar-refractivity contribution in [3.8, 4) is 11.3 Å². The minimum atomic E-state index is -4.21. The van der Waals surface area contributed by atoms with Gasteiger partial charge in [0.15, 0.2) is 0 Å². The molecule has 0 aliphatic carbocycles. The van der Waals surface area contributed by atoms with E-state index in [1.165, 1.54) is 23.1 Å². The molecule has 8 nitrogen and oxygen atoms in total. The molecule has 2 aromatic carbocycles. The van der Waals surface area contributed by atoms with Gasteiger partial charge in [-0.15, -0.1) is 5.10 Å². The molecule has 2 aromatic heterocycles. The number of carbonyl (C=O) groups excluding carboxylic acids is 1. The van der Waals surface area contributed by atoms with Gasteiger partial charge in [0.2, 0.25) is 5.65 Å². The second kappa shape index (κ2) is 9.53. The van der Waals surface area contributed by atoms with Crippen LogP contribution in [0.15, 0.2) is 54.6 Å². The molecule has 0 radical (unpaired) electrons. The Kier molecular flexibility index (Phi) is 6.27. The molecule has 4 aromatic rings. The number of nitrogens with zero attached hydrogens (tertiary/aromatic N) is 5. The van der Waals surface area contributed by atoms with Crippen LogP contribution in [0.3, 0.4) is 0 Å². The number of fused-ring (bicyclic) bond motifs is 1. The van der Waals surface area contributed by atoms with Crippen molar-refractivity contribution in [2.24, 2.45) is 0 Å². The summed E-state index contributed by atoms with van der Waals surface area (Å²) in [4.78, 5) is 20.6. The lowest BCUT2D eigenvalue weighted by molar-refractivity contribution is -0.146. The van der Waals surface area contributed by atoms with Crippen LogP contribution in [0.4, 0.5) is 28.9 Å². The number of hydrogen-bond acceptors (Lipinski definition) is 6. The fourth-order valence-electron chi connectivity index (χ4n) is 4.13. The number of H-pyrrole nitrogens is 1. The zero-order chi connectivity index (χ0) is 25.3. The van der Waals surface area contributed by atoms with Gasteiger partial charge in [-0.05, 0) is 54.6 Å². The number of anilines is 2. The molecule has 0 saturated carbocycles. The number of rotatable bonds is 5. The highest BCUT2D eigenvalue weighted by atomic mass is 19.4. The fraction of sp³-hybridized carbons (Fsp3) is 0.250. The molecule has 1 aliphatic heterocycles. The van der Waals surface area contributed by atoms with E-state index in [1.807, 2.05) is 4.90 Å². The maximum Gasteiger partial charge on any atom is 0.401 e. The third-order valence-corrected chi connectivity index (χ3v) is 5.95. The SMILES string of the molecule is O=C(Nc1ccc(N2CCN(CC(F)(F)F)CC2)cc1)c1cc(-c2ccc3n[nH]nc3n2)ccc1F. The average molecular weight is 499 g/mol. The Bertz CT molecular complexity index is 1380. The summed E-state index contributed by atoms with van der Waals surface area (Å²) < 4.78 is 52.3. The van der Waals surface area contributed by atoms with Gasteiger partial charge in [0, 0.05) is 43.1 Å². The molecule has 5 rings (SSSR count). The standard InChI is InChI=1S/C24H21F4N7O/c25-19-6-1-15(20-7-8-21-22(30-20)32-33-31-21)13-18(19)23(36)29-16-2-4-17(5-3-16)35-11-9-34(10-12-35)14-24(26,27)28/h1-8,13H,9-12,14H2,(H,29,36)(H,30,31,32,33). The first-order chi connectivity index (χ1) is 17.2. The van der Waals surface area contributed by atoms with Crippen molar-refractivity contribution in [1.82, 2.24) is 25.3 Å². The molecule has 186 valence electrons. The van der Waals surface area contributed by atoms with Crippen molar-refractivity contribution in [3.63, 3.8) is 0 Å². The normalized spacial score (nSPS) is 14.8. The minimum Gasteiger partial charge on any atom is -0.369 e. The van der Waals surface area contributed by atoms with E-state index < -0.39 is 24.4 Å². The molecule has 0 atom stereocenters. The van der Waals surface area contributed by atoms with Crippen LogP contribution >= 0.6 is 0 Å². The van der Waals surface area contributed by atoms with Crippen molar-refractivity contribution < 1.29 is 22.4 Å². The van der Waals surface area contributed by atoms with Gasteiger partial charge < -0.3 is 10.2 Å². The Morgan fingerprint density at radius 1 is 0.972 bits per heavy atom. The highest BCUT2D eigenvalue weighted by molar-refractivity contribution is 6.05. The van der Waals surface area contributed by atoms with E-state index in [0.29, 0.717) is 54.3 Å². The minimum absolute atomic E-state index is 0.139. The Morgan fingerprint density at radius 3 is 2.44 bits per heavy atom. The highest BCUT2D eigenvalue weighted by Crippen LogP contribution is 2.25. The van der Waals surface area contributed by atoms with Crippen LogP contribution in [0.25, 0.3) is 22.4 Å². The van der Waals surface area contributed by atoms with Crippen LogP contribution in [-0.4, -0.2) is 70.1 Å². The summed E-state index contributed by atoms with van der Waals surface area (Å²) in [5, 5.41) is 13.1. The van der Waals surface area contributed by atoms with Gasteiger partial charge in [-0.3, -0.25) is 9.69 Å². The lowest BCUT2D eigenvalue weighted by Gasteiger charge is -2.36. The van der Waals surface area contributed by atoms with Gasteiger partial charge in [0.05, 0.1) is 17.8 Å². The summed E-state index contributed by atoms with van der Waals surface area (Å²) in [6.07, 6.45) is -4.21. The maximum atomic E-state index is 14.5. The molecule has 3 heterocycles. The molecule has 1 aliphatic rings. The van der Waals surface area contributed by atoms with E-state index in [4.69, 9.17) is 0 Å². The highest BCUT2D eigenvalue weighted by Gasteiger charge is 2.32. The van der Waals surface area contributed by atoms with Gasteiger partial charge in [-0.1, -0.05) is 0 Å². The van der Waals surface area contributed by atoms with E-state index in [1.54, 1.807) is 36.4 Å².